The monoisotopic (exact) mass is 292 g/mol. The third-order valence-corrected chi connectivity index (χ3v) is 5.36. The first-order valence-corrected chi connectivity index (χ1v) is 8.22. The summed E-state index contributed by atoms with van der Waals surface area (Å²) in [5, 5.41) is 0.467. The van der Waals surface area contributed by atoms with Gasteiger partial charge in [-0.3, -0.25) is 4.98 Å². The van der Waals surface area contributed by atoms with Crippen LogP contribution in [-0.4, -0.2) is 10.4 Å². The van der Waals surface area contributed by atoms with E-state index in [-0.39, 0.29) is 0 Å². The Bertz CT molecular complexity index is 534. The molecule has 100 valence electrons. The van der Waals surface area contributed by atoms with E-state index >= 15 is 0 Å². The normalized spacial score (nSPS) is 18.9. The molecule has 0 fully saturated rings. The van der Waals surface area contributed by atoms with Crippen LogP contribution in [0.1, 0.15) is 31.1 Å². The summed E-state index contributed by atoms with van der Waals surface area (Å²) in [6.07, 6.45) is 11.4. The first kappa shape index (κ1) is 12.8. The lowest BCUT2D eigenvalue weighted by Crippen LogP contribution is -2.23. The van der Waals surface area contributed by atoms with E-state index in [4.69, 9.17) is 4.42 Å². The quantitative estimate of drug-likeness (QED) is 0.791. The molecule has 3 rings (SSSR count). The van der Waals surface area contributed by atoms with Crippen LogP contribution >= 0.6 is 23.1 Å². The van der Waals surface area contributed by atoms with Gasteiger partial charge in [0.15, 0.2) is 0 Å². The lowest BCUT2D eigenvalue weighted by molar-refractivity contribution is 0.566. The van der Waals surface area contributed by atoms with Crippen LogP contribution in [0.3, 0.4) is 0 Å². The fourth-order valence-corrected chi connectivity index (χ4v) is 4.16. The highest BCUT2D eigenvalue weighted by atomic mass is 32.2. The zero-order valence-corrected chi connectivity index (χ0v) is 12.4. The third kappa shape index (κ3) is 2.72. The highest BCUT2D eigenvalue weighted by Gasteiger charge is 2.27. The van der Waals surface area contributed by atoms with Crippen molar-refractivity contribution < 1.29 is 4.42 Å². The van der Waals surface area contributed by atoms with Crippen LogP contribution in [0.25, 0.3) is 4.91 Å². The van der Waals surface area contributed by atoms with Crippen LogP contribution < -0.4 is 4.90 Å². The van der Waals surface area contributed by atoms with Crippen molar-refractivity contribution in [3.8, 4) is 0 Å². The summed E-state index contributed by atoms with van der Waals surface area (Å²) in [7, 11) is 0. The fourth-order valence-electron chi connectivity index (χ4n) is 2.12. The van der Waals surface area contributed by atoms with Gasteiger partial charge in [-0.15, -0.1) is 11.3 Å². The number of anilines is 1. The molecule has 0 saturated heterocycles. The van der Waals surface area contributed by atoms with Gasteiger partial charge in [0, 0.05) is 23.4 Å². The lowest BCUT2D eigenvalue weighted by atomic mass is 10.2. The van der Waals surface area contributed by atoms with Crippen LogP contribution in [-0.2, 0) is 0 Å². The number of hydrogen-bond donors (Lipinski definition) is 0. The first-order valence-electron chi connectivity index (χ1n) is 6.46. The smallest absolute Gasteiger partial charge is 0.114 e. The number of thiazole rings is 1. The molecule has 0 bridgehead atoms. The molecule has 2 aromatic rings. The van der Waals surface area contributed by atoms with Gasteiger partial charge < -0.3 is 9.32 Å². The average molecular weight is 292 g/mol. The molecule has 0 aliphatic carbocycles. The minimum Gasteiger partial charge on any atom is -0.470 e. The maximum Gasteiger partial charge on any atom is 0.114 e. The molecule has 0 amide bonds. The molecular weight excluding hydrogens is 276 g/mol. The Morgan fingerprint density at radius 2 is 2.42 bits per heavy atom. The third-order valence-electron chi connectivity index (χ3n) is 3.11. The second-order valence-electron chi connectivity index (χ2n) is 4.46. The summed E-state index contributed by atoms with van der Waals surface area (Å²) >= 11 is 3.63. The molecule has 0 radical (unpaired) electrons. The second-order valence-corrected chi connectivity index (χ2v) is 6.57. The maximum absolute atomic E-state index is 5.22. The maximum atomic E-state index is 5.22. The number of furan rings is 1. The van der Waals surface area contributed by atoms with Crippen LogP contribution in [0.2, 0.25) is 0 Å². The van der Waals surface area contributed by atoms with Crippen molar-refractivity contribution in [3.05, 3.63) is 41.4 Å². The van der Waals surface area contributed by atoms with Gasteiger partial charge >= 0.3 is 0 Å². The number of thioether (sulfide) groups is 1. The van der Waals surface area contributed by atoms with E-state index in [0.717, 1.165) is 5.69 Å². The summed E-state index contributed by atoms with van der Waals surface area (Å²) in [5.41, 5.74) is 3.02. The van der Waals surface area contributed by atoms with Crippen LogP contribution in [0.5, 0.6) is 0 Å². The van der Waals surface area contributed by atoms with Gasteiger partial charge in [0.25, 0.3) is 0 Å². The molecule has 0 N–H and O–H groups in total. The molecule has 0 aromatic carbocycles. The molecule has 0 saturated carbocycles. The number of rotatable bonds is 5. The molecule has 2 aromatic heterocycles. The fraction of sp³-hybridized carbons (Fsp3) is 0.357. The number of nitrogens with zero attached hydrogens (tertiary/aromatic N) is 2. The van der Waals surface area contributed by atoms with Crippen LogP contribution in [0, 0.1) is 0 Å². The van der Waals surface area contributed by atoms with Crippen molar-refractivity contribution in [1.29, 1.82) is 0 Å². The summed E-state index contributed by atoms with van der Waals surface area (Å²) in [6.45, 7) is 2.24. The molecule has 1 aliphatic heterocycles. The number of unbranched alkanes of at least 4 members (excludes halogenated alkanes) is 1. The molecular formula is C14H16N2OS2. The molecule has 19 heavy (non-hydrogen) atoms. The number of hydrogen-bond acceptors (Lipinski definition) is 5. The highest BCUT2D eigenvalue weighted by molar-refractivity contribution is 8.09. The van der Waals surface area contributed by atoms with Gasteiger partial charge in [-0.05, 0) is 6.42 Å². The highest BCUT2D eigenvalue weighted by Crippen LogP contribution is 2.44. The Morgan fingerprint density at radius 3 is 3.11 bits per heavy atom. The minimum absolute atomic E-state index is 0.467. The number of aromatic nitrogens is 1. The molecule has 3 nitrogen and oxygen atoms in total. The first-order chi connectivity index (χ1) is 9.38. The predicted molar refractivity (Wildman–Crippen MR) is 82.2 cm³/mol. The zero-order chi connectivity index (χ0) is 13.1. The summed E-state index contributed by atoms with van der Waals surface area (Å²) < 4.78 is 5.22. The van der Waals surface area contributed by atoms with E-state index in [0.29, 0.717) is 5.37 Å². The largest absolute Gasteiger partial charge is 0.470 e. The lowest BCUT2D eigenvalue weighted by Gasteiger charge is -2.22. The van der Waals surface area contributed by atoms with Crippen molar-refractivity contribution in [2.45, 2.75) is 31.6 Å². The van der Waals surface area contributed by atoms with Crippen molar-refractivity contribution in [3.63, 3.8) is 0 Å². The molecule has 1 unspecified atom stereocenters. The Balaban J connectivity index is 1.83. The van der Waals surface area contributed by atoms with Gasteiger partial charge in [-0.2, -0.15) is 0 Å². The van der Waals surface area contributed by atoms with Crippen molar-refractivity contribution in [2.75, 3.05) is 4.90 Å². The average Bonchev–Trinajstić information content (AvgIpc) is 3.14. The van der Waals surface area contributed by atoms with E-state index in [1.807, 2.05) is 35.8 Å². The molecule has 1 aliphatic rings. The van der Waals surface area contributed by atoms with Crippen molar-refractivity contribution in [2.24, 2.45) is 0 Å². The molecule has 1 atom stereocenters. The minimum atomic E-state index is 0.467. The molecule has 3 heterocycles. The van der Waals surface area contributed by atoms with E-state index < -0.39 is 0 Å². The summed E-state index contributed by atoms with van der Waals surface area (Å²) in [4.78, 5) is 9.05. The Kier molecular flexibility index (Phi) is 3.94. The van der Waals surface area contributed by atoms with Crippen molar-refractivity contribution >= 4 is 33.7 Å². The Labute approximate surface area is 121 Å². The van der Waals surface area contributed by atoms with Gasteiger partial charge in [0.2, 0.25) is 0 Å². The van der Waals surface area contributed by atoms with E-state index in [2.05, 4.69) is 23.0 Å². The van der Waals surface area contributed by atoms with E-state index in [1.165, 1.54) is 29.0 Å². The SMILES string of the molecule is CCCCC1SC(c2cncs2)=CN1c1ccoc1. The zero-order valence-electron chi connectivity index (χ0n) is 10.8. The van der Waals surface area contributed by atoms with Crippen molar-refractivity contribution in [1.82, 2.24) is 4.98 Å². The topological polar surface area (TPSA) is 29.3 Å². The van der Waals surface area contributed by atoms with Gasteiger partial charge in [0.1, 0.15) is 6.26 Å². The van der Waals surface area contributed by atoms with E-state index in [1.54, 1.807) is 17.6 Å². The van der Waals surface area contributed by atoms with Crippen LogP contribution in [0.15, 0.2) is 40.9 Å². The Hall–Kier alpha value is -1.20. The summed E-state index contributed by atoms with van der Waals surface area (Å²) in [5.74, 6) is 0. The summed E-state index contributed by atoms with van der Waals surface area (Å²) in [6, 6.07) is 2.02. The van der Waals surface area contributed by atoms with Gasteiger partial charge in [-0.1, -0.05) is 31.5 Å². The standard InChI is InChI=1S/C14H16N2OS2/c1-2-3-4-14-16(11-5-6-17-9-11)8-13(19-14)12-7-15-10-18-12/h5-10,14H,2-4H2,1H3. The van der Waals surface area contributed by atoms with Gasteiger partial charge in [0.05, 0.1) is 27.7 Å². The second kappa shape index (κ2) is 5.84. The molecule has 0 spiro atoms. The Morgan fingerprint density at radius 1 is 1.47 bits per heavy atom. The predicted octanol–water partition coefficient (Wildman–Crippen LogP) is 4.80. The van der Waals surface area contributed by atoms with Crippen LogP contribution in [0.4, 0.5) is 5.69 Å². The van der Waals surface area contributed by atoms with Gasteiger partial charge in [-0.25, -0.2) is 0 Å². The van der Waals surface area contributed by atoms with E-state index in [9.17, 15) is 0 Å². The molecule has 5 heteroatoms.